The fourth-order valence-electron chi connectivity index (χ4n) is 3.21. The van der Waals surface area contributed by atoms with Gasteiger partial charge in [-0.3, -0.25) is 10.1 Å². The van der Waals surface area contributed by atoms with E-state index in [1.54, 1.807) is 12.0 Å². The standard InChI is InChI=1S/C20H32N2O2/c1-19(2,3)14-9-13(11-16-21-12-17(23)22(16)7)10-15(18(14)24-8)20(4,5)6/h9-10,16,21H,11-12H2,1-8H3/t16-/m0/s1. The van der Waals surface area contributed by atoms with Crippen LogP contribution in [0, 0.1) is 0 Å². The van der Waals surface area contributed by atoms with Crippen molar-refractivity contribution in [3.8, 4) is 5.75 Å². The van der Waals surface area contributed by atoms with Gasteiger partial charge < -0.3 is 9.64 Å². The van der Waals surface area contributed by atoms with E-state index in [1.165, 1.54) is 16.7 Å². The lowest BCUT2D eigenvalue weighted by molar-refractivity contribution is -0.126. The summed E-state index contributed by atoms with van der Waals surface area (Å²) in [7, 11) is 3.62. The van der Waals surface area contributed by atoms with Crippen LogP contribution in [-0.4, -0.2) is 37.7 Å². The topological polar surface area (TPSA) is 41.6 Å². The fraction of sp³-hybridized carbons (Fsp3) is 0.650. The average Bonchev–Trinajstić information content (AvgIpc) is 2.76. The molecule has 1 aromatic carbocycles. The van der Waals surface area contributed by atoms with Gasteiger partial charge in [-0.2, -0.15) is 0 Å². The minimum Gasteiger partial charge on any atom is -0.496 e. The predicted octanol–water partition coefficient (Wildman–Crippen LogP) is 3.22. The van der Waals surface area contributed by atoms with Gasteiger partial charge in [-0.05, 0) is 16.4 Å². The molecule has 1 aliphatic rings. The summed E-state index contributed by atoms with van der Waals surface area (Å²) < 4.78 is 5.81. The number of hydrogen-bond acceptors (Lipinski definition) is 3. The van der Waals surface area contributed by atoms with Gasteiger partial charge >= 0.3 is 0 Å². The molecule has 0 spiro atoms. The van der Waals surface area contributed by atoms with E-state index in [-0.39, 0.29) is 22.9 Å². The maximum Gasteiger partial charge on any atom is 0.237 e. The molecule has 0 bridgehead atoms. The van der Waals surface area contributed by atoms with E-state index in [1.807, 2.05) is 7.05 Å². The number of carbonyl (C=O) groups is 1. The normalized spacial score (nSPS) is 19.1. The van der Waals surface area contributed by atoms with Gasteiger partial charge in [0.2, 0.25) is 5.91 Å². The van der Waals surface area contributed by atoms with Crippen LogP contribution in [0.25, 0.3) is 0 Å². The highest BCUT2D eigenvalue weighted by Gasteiger charge is 2.30. The molecule has 0 aromatic heterocycles. The Morgan fingerprint density at radius 2 is 1.62 bits per heavy atom. The molecule has 4 nitrogen and oxygen atoms in total. The maximum absolute atomic E-state index is 11.8. The van der Waals surface area contributed by atoms with Crippen molar-refractivity contribution in [2.45, 2.75) is 65.0 Å². The lowest BCUT2D eigenvalue weighted by atomic mass is 9.78. The third kappa shape index (κ3) is 3.75. The number of methoxy groups -OCH3 is 1. The number of hydrogen-bond donors (Lipinski definition) is 1. The molecule has 1 amide bonds. The van der Waals surface area contributed by atoms with Crippen molar-refractivity contribution < 1.29 is 9.53 Å². The third-order valence-electron chi connectivity index (χ3n) is 4.75. The largest absolute Gasteiger partial charge is 0.496 e. The molecule has 4 heteroatoms. The molecule has 1 saturated heterocycles. The first-order valence-electron chi connectivity index (χ1n) is 8.66. The zero-order valence-corrected chi connectivity index (χ0v) is 16.4. The van der Waals surface area contributed by atoms with Crippen molar-refractivity contribution in [1.29, 1.82) is 0 Å². The Morgan fingerprint density at radius 1 is 1.12 bits per heavy atom. The number of rotatable bonds is 3. The SMILES string of the molecule is COc1c(C(C)(C)C)cc(C[C@H]2NCC(=O)N2C)cc1C(C)(C)C. The van der Waals surface area contributed by atoms with E-state index in [4.69, 9.17) is 4.74 Å². The zero-order chi connectivity index (χ0) is 18.3. The number of benzene rings is 1. The van der Waals surface area contributed by atoms with Crippen LogP contribution in [0.3, 0.4) is 0 Å². The van der Waals surface area contributed by atoms with Gasteiger partial charge in [0.25, 0.3) is 0 Å². The smallest absolute Gasteiger partial charge is 0.237 e. The molecule has 0 saturated carbocycles. The minimum atomic E-state index is -0.00776. The molecule has 0 radical (unpaired) electrons. The minimum absolute atomic E-state index is 0.00776. The Morgan fingerprint density at radius 3 is 1.96 bits per heavy atom. The molecule has 1 atom stereocenters. The van der Waals surface area contributed by atoms with Gasteiger partial charge in [0.05, 0.1) is 19.8 Å². The van der Waals surface area contributed by atoms with Gasteiger partial charge in [-0.1, -0.05) is 53.7 Å². The number of nitrogens with one attached hydrogen (secondary N) is 1. The Kier molecular flexibility index (Phi) is 5.01. The van der Waals surface area contributed by atoms with Crippen molar-refractivity contribution >= 4 is 5.91 Å². The molecular weight excluding hydrogens is 300 g/mol. The molecule has 1 heterocycles. The summed E-state index contributed by atoms with van der Waals surface area (Å²) in [6, 6.07) is 4.48. The summed E-state index contributed by atoms with van der Waals surface area (Å²) in [5, 5.41) is 3.29. The van der Waals surface area contributed by atoms with Gasteiger partial charge in [-0.25, -0.2) is 0 Å². The van der Waals surface area contributed by atoms with E-state index >= 15 is 0 Å². The molecule has 24 heavy (non-hydrogen) atoms. The van der Waals surface area contributed by atoms with E-state index in [0.717, 1.165) is 12.2 Å². The second-order valence-corrected chi connectivity index (χ2v) is 8.83. The van der Waals surface area contributed by atoms with Crippen LogP contribution in [0.1, 0.15) is 58.2 Å². The molecule has 2 rings (SSSR count). The summed E-state index contributed by atoms with van der Waals surface area (Å²) in [5.74, 6) is 1.14. The van der Waals surface area contributed by atoms with Crippen LogP contribution in [-0.2, 0) is 22.0 Å². The average molecular weight is 332 g/mol. The molecular formula is C20H32N2O2. The van der Waals surface area contributed by atoms with E-state index in [9.17, 15) is 4.79 Å². The Balaban J connectivity index is 2.51. The zero-order valence-electron chi connectivity index (χ0n) is 16.4. The molecule has 1 fully saturated rings. The number of carbonyl (C=O) groups excluding carboxylic acids is 1. The predicted molar refractivity (Wildman–Crippen MR) is 98.7 cm³/mol. The summed E-state index contributed by atoms with van der Waals surface area (Å²) in [5.41, 5.74) is 3.67. The second-order valence-electron chi connectivity index (χ2n) is 8.83. The van der Waals surface area contributed by atoms with E-state index < -0.39 is 0 Å². The van der Waals surface area contributed by atoms with Crippen molar-refractivity contribution in [3.05, 3.63) is 28.8 Å². The lowest BCUT2D eigenvalue weighted by Crippen LogP contribution is -2.36. The molecule has 0 aliphatic carbocycles. The summed E-state index contributed by atoms with van der Waals surface area (Å²) in [6.45, 7) is 13.7. The van der Waals surface area contributed by atoms with Crippen molar-refractivity contribution in [2.75, 3.05) is 20.7 Å². The monoisotopic (exact) mass is 332 g/mol. The van der Waals surface area contributed by atoms with E-state index in [0.29, 0.717) is 6.54 Å². The molecule has 0 unspecified atom stereocenters. The number of nitrogens with zero attached hydrogens (tertiary/aromatic N) is 1. The fourth-order valence-corrected chi connectivity index (χ4v) is 3.21. The van der Waals surface area contributed by atoms with Crippen LogP contribution in [0.2, 0.25) is 0 Å². The first-order valence-corrected chi connectivity index (χ1v) is 8.66. The molecule has 134 valence electrons. The van der Waals surface area contributed by atoms with Gasteiger partial charge in [0.1, 0.15) is 5.75 Å². The number of ether oxygens (including phenoxy) is 1. The van der Waals surface area contributed by atoms with Crippen LogP contribution in [0.15, 0.2) is 12.1 Å². The van der Waals surface area contributed by atoms with Crippen molar-refractivity contribution in [2.24, 2.45) is 0 Å². The summed E-state index contributed by atoms with van der Waals surface area (Å²) in [4.78, 5) is 13.6. The maximum atomic E-state index is 11.8. The quantitative estimate of drug-likeness (QED) is 0.924. The first-order chi connectivity index (χ1) is 10.9. The highest BCUT2D eigenvalue weighted by Crippen LogP contribution is 2.40. The molecule has 1 N–H and O–H groups in total. The van der Waals surface area contributed by atoms with Crippen LogP contribution in [0.4, 0.5) is 0 Å². The number of likely N-dealkylation sites (N-methyl/N-ethyl adjacent to an activating group) is 1. The Labute approximate surface area is 146 Å². The Bertz CT molecular complexity index is 589. The molecule has 1 aliphatic heterocycles. The first kappa shape index (κ1) is 18.8. The lowest BCUT2D eigenvalue weighted by Gasteiger charge is -2.30. The van der Waals surface area contributed by atoms with Gasteiger partial charge in [0, 0.05) is 24.6 Å². The van der Waals surface area contributed by atoms with Crippen LogP contribution in [0.5, 0.6) is 5.75 Å². The third-order valence-corrected chi connectivity index (χ3v) is 4.75. The molecule has 1 aromatic rings. The summed E-state index contributed by atoms with van der Waals surface area (Å²) in [6.07, 6.45) is 0.866. The highest BCUT2D eigenvalue weighted by molar-refractivity contribution is 5.80. The highest BCUT2D eigenvalue weighted by atomic mass is 16.5. The Hall–Kier alpha value is -1.55. The summed E-state index contributed by atoms with van der Waals surface area (Å²) >= 11 is 0. The number of amides is 1. The van der Waals surface area contributed by atoms with Crippen molar-refractivity contribution in [1.82, 2.24) is 10.2 Å². The van der Waals surface area contributed by atoms with Crippen LogP contribution >= 0.6 is 0 Å². The van der Waals surface area contributed by atoms with Gasteiger partial charge in [0.15, 0.2) is 0 Å². The second kappa shape index (κ2) is 6.40. The van der Waals surface area contributed by atoms with E-state index in [2.05, 4.69) is 59.0 Å². The van der Waals surface area contributed by atoms with Crippen LogP contribution < -0.4 is 10.1 Å². The van der Waals surface area contributed by atoms with Crippen molar-refractivity contribution in [3.63, 3.8) is 0 Å². The van der Waals surface area contributed by atoms with Gasteiger partial charge in [-0.15, -0.1) is 0 Å².